The van der Waals surface area contributed by atoms with Crippen molar-refractivity contribution < 1.29 is 4.74 Å². The van der Waals surface area contributed by atoms with Crippen molar-refractivity contribution in [3.63, 3.8) is 0 Å². The van der Waals surface area contributed by atoms with E-state index in [0.717, 1.165) is 29.3 Å². The molecule has 0 saturated carbocycles. The van der Waals surface area contributed by atoms with Crippen LogP contribution in [0.1, 0.15) is 27.2 Å². The van der Waals surface area contributed by atoms with Crippen molar-refractivity contribution in [1.82, 2.24) is 0 Å². The van der Waals surface area contributed by atoms with Crippen molar-refractivity contribution >= 4 is 23.1 Å². The summed E-state index contributed by atoms with van der Waals surface area (Å²) in [5.41, 5.74) is 8.04. The zero-order chi connectivity index (χ0) is 14.4. The van der Waals surface area contributed by atoms with Crippen LogP contribution in [0.15, 0.2) is 18.2 Å². The highest BCUT2D eigenvalue weighted by Crippen LogP contribution is 2.33. The number of hydrogen-bond donors (Lipinski definition) is 1. The van der Waals surface area contributed by atoms with Gasteiger partial charge in [-0.1, -0.05) is 13.0 Å². The lowest BCUT2D eigenvalue weighted by atomic mass is 10.1. The molecule has 0 amide bonds. The van der Waals surface area contributed by atoms with Crippen LogP contribution < -0.4 is 15.4 Å². The summed E-state index contributed by atoms with van der Waals surface area (Å²) in [7, 11) is 2.11. The molecule has 0 saturated heterocycles. The summed E-state index contributed by atoms with van der Waals surface area (Å²) >= 11 is 1.86. The van der Waals surface area contributed by atoms with E-state index >= 15 is 0 Å². The minimum Gasteiger partial charge on any atom is -0.489 e. The number of nitrogens with zero attached hydrogens (tertiary/aromatic N) is 1. The molecule has 0 fully saturated rings. The van der Waals surface area contributed by atoms with Gasteiger partial charge in [-0.25, -0.2) is 0 Å². The molecule has 2 N–H and O–H groups in total. The predicted molar refractivity (Wildman–Crippen MR) is 87.5 cm³/mol. The Balaban J connectivity index is 2.99. The Labute approximate surface area is 121 Å². The fourth-order valence-corrected chi connectivity index (χ4v) is 2.93. The van der Waals surface area contributed by atoms with Crippen LogP contribution in [0, 0.1) is 0 Å². The Hall–Kier alpha value is -1.03. The van der Waals surface area contributed by atoms with E-state index in [1.807, 2.05) is 37.7 Å². The van der Waals surface area contributed by atoms with Gasteiger partial charge < -0.3 is 15.4 Å². The minimum atomic E-state index is 0.135. The SMILES string of the molecule is CCC(CSC)N(C)c1cccc(OC(C)C)c1N. The first-order chi connectivity index (χ1) is 9.01. The van der Waals surface area contributed by atoms with Gasteiger partial charge in [0.15, 0.2) is 0 Å². The Bertz CT molecular complexity index is 396. The standard InChI is InChI=1S/C15H26N2OS/c1-6-12(10-19-5)17(4)13-8-7-9-14(15(13)16)18-11(2)3/h7-9,11-12H,6,10,16H2,1-5H3. The fraction of sp³-hybridized carbons (Fsp3) is 0.600. The van der Waals surface area contributed by atoms with Crippen molar-refractivity contribution in [2.45, 2.75) is 39.3 Å². The maximum Gasteiger partial charge on any atom is 0.144 e. The Morgan fingerprint density at radius 1 is 1.37 bits per heavy atom. The smallest absolute Gasteiger partial charge is 0.144 e. The molecule has 0 bridgehead atoms. The van der Waals surface area contributed by atoms with Gasteiger partial charge in [-0.05, 0) is 38.7 Å². The summed E-state index contributed by atoms with van der Waals surface area (Å²) in [4.78, 5) is 2.26. The molecule has 1 aromatic rings. The summed E-state index contributed by atoms with van der Waals surface area (Å²) in [6.45, 7) is 6.23. The molecule has 19 heavy (non-hydrogen) atoms. The second-order valence-electron chi connectivity index (χ2n) is 4.98. The summed E-state index contributed by atoms with van der Waals surface area (Å²) in [6.07, 6.45) is 3.38. The molecule has 0 aliphatic heterocycles. The third kappa shape index (κ3) is 4.23. The molecule has 1 atom stereocenters. The number of nitrogen functional groups attached to an aromatic ring is 1. The molecular formula is C15H26N2OS. The molecule has 0 aromatic heterocycles. The topological polar surface area (TPSA) is 38.5 Å². The highest BCUT2D eigenvalue weighted by molar-refractivity contribution is 7.98. The van der Waals surface area contributed by atoms with Gasteiger partial charge in [0, 0.05) is 18.8 Å². The van der Waals surface area contributed by atoms with Crippen LogP contribution in [-0.2, 0) is 0 Å². The Morgan fingerprint density at radius 2 is 2.05 bits per heavy atom. The van der Waals surface area contributed by atoms with E-state index in [0.29, 0.717) is 6.04 Å². The highest BCUT2D eigenvalue weighted by Gasteiger charge is 2.17. The molecule has 0 spiro atoms. The number of hydrogen-bond acceptors (Lipinski definition) is 4. The van der Waals surface area contributed by atoms with Gasteiger partial charge in [-0.2, -0.15) is 11.8 Å². The normalized spacial score (nSPS) is 12.5. The van der Waals surface area contributed by atoms with Gasteiger partial charge in [0.25, 0.3) is 0 Å². The largest absolute Gasteiger partial charge is 0.489 e. The first-order valence-electron chi connectivity index (χ1n) is 6.78. The molecule has 108 valence electrons. The second kappa shape index (κ2) is 7.53. The lowest BCUT2D eigenvalue weighted by Crippen LogP contribution is -2.33. The van der Waals surface area contributed by atoms with Crippen molar-refractivity contribution in [3.8, 4) is 5.75 Å². The van der Waals surface area contributed by atoms with Crippen molar-refractivity contribution in [2.75, 3.05) is 29.7 Å². The number of anilines is 2. The number of benzene rings is 1. The van der Waals surface area contributed by atoms with Gasteiger partial charge in [-0.3, -0.25) is 0 Å². The van der Waals surface area contributed by atoms with E-state index in [1.165, 1.54) is 0 Å². The van der Waals surface area contributed by atoms with Crippen LogP contribution in [-0.4, -0.2) is 31.2 Å². The lowest BCUT2D eigenvalue weighted by molar-refractivity contribution is 0.244. The van der Waals surface area contributed by atoms with Gasteiger partial charge in [0.1, 0.15) is 5.75 Å². The maximum absolute atomic E-state index is 6.25. The molecule has 0 aliphatic rings. The summed E-state index contributed by atoms with van der Waals surface area (Å²) in [6, 6.07) is 6.49. The zero-order valence-corrected chi connectivity index (χ0v) is 13.5. The molecule has 1 aromatic carbocycles. The highest BCUT2D eigenvalue weighted by atomic mass is 32.2. The van der Waals surface area contributed by atoms with E-state index in [-0.39, 0.29) is 6.10 Å². The quantitative estimate of drug-likeness (QED) is 0.775. The average Bonchev–Trinajstić information content (AvgIpc) is 2.37. The molecule has 4 heteroatoms. The molecular weight excluding hydrogens is 256 g/mol. The van der Waals surface area contributed by atoms with Crippen LogP contribution in [0.5, 0.6) is 5.75 Å². The monoisotopic (exact) mass is 282 g/mol. The van der Waals surface area contributed by atoms with Crippen LogP contribution >= 0.6 is 11.8 Å². The minimum absolute atomic E-state index is 0.135. The molecule has 3 nitrogen and oxygen atoms in total. The van der Waals surface area contributed by atoms with Crippen molar-refractivity contribution in [2.24, 2.45) is 0 Å². The first-order valence-corrected chi connectivity index (χ1v) is 8.17. The van der Waals surface area contributed by atoms with E-state index in [1.54, 1.807) is 0 Å². The van der Waals surface area contributed by atoms with Crippen LogP contribution in [0.3, 0.4) is 0 Å². The van der Waals surface area contributed by atoms with E-state index in [2.05, 4.69) is 31.2 Å². The molecule has 1 rings (SSSR count). The number of nitrogens with two attached hydrogens (primary N) is 1. The number of ether oxygens (including phenoxy) is 1. The van der Waals surface area contributed by atoms with Gasteiger partial charge in [0.2, 0.25) is 0 Å². The zero-order valence-electron chi connectivity index (χ0n) is 12.6. The summed E-state index contributed by atoms with van der Waals surface area (Å²) < 4.78 is 5.75. The second-order valence-corrected chi connectivity index (χ2v) is 5.89. The van der Waals surface area contributed by atoms with Crippen molar-refractivity contribution in [1.29, 1.82) is 0 Å². The summed E-state index contributed by atoms with van der Waals surface area (Å²) in [5.74, 6) is 1.88. The van der Waals surface area contributed by atoms with Gasteiger partial charge in [0.05, 0.1) is 17.5 Å². The molecule has 1 unspecified atom stereocenters. The number of rotatable bonds is 7. The Morgan fingerprint density at radius 3 is 2.58 bits per heavy atom. The number of thioether (sulfide) groups is 1. The van der Waals surface area contributed by atoms with Crippen LogP contribution in [0.2, 0.25) is 0 Å². The van der Waals surface area contributed by atoms with Gasteiger partial charge in [-0.15, -0.1) is 0 Å². The van der Waals surface area contributed by atoms with Gasteiger partial charge >= 0.3 is 0 Å². The third-order valence-electron chi connectivity index (χ3n) is 3.16. The fourth-order valence-electron chi connectivity index (χ4n) is 2.09. The molecule has 0 radical (unpaired) electrons. The van der Waals surface area contributed by atoms with Crippen molar-refractivity contribution in [3.05, 3.63) is 18.2 Å². The Kier molecular flexibility index (Phi) is 6.35. The predicted octanol–water partition coefficient (Wildman–Crippen LogP) is 3.63. The van der Waals surface area contributed by atoms with Crippen LogP contribution in [0.25, 0.3) is 0 Å². The number of para-hydroxylation sites is 1. The van der Waals surface area contributed by atoms with Crippen LogP contribution in [0.4, 0.5) is 11.4 Å². The summed E-state index contributed by atoms with van der Waals surface area (Å²) in [5, 5.41) is 0. The first kappa shape index (κ1) is 16.0. The molecule has 0 aliphatic carbocycles. The lowest BCUT2D eigenvalue weighted by Gasteiger charge is -2.30. The van der Waals surface area contributed by atoms with E-state index in [9.17, 15) is 0 Å². The van der Waals surface area contributed by atoms with E-state index < -0.39 is 0 Å². The average molecular weight is 282 g/mol. The molecule has 0 heterocycles. The van der Waals surface area contributed by atoms with E-state index in [4.69, 9.17) is 10.5 Å². The third-order valence-corrected chi connectivity index (χ3v) is 3.88. The maximum atomic E-state index is 6.25.